The maximum absolute atomic E-state index is 12.2. The lowest BCUT2D eigenvalue weighted by Gasteiger charge is -2.05. The Morgan fingerprint density at radius 2 is 1.63 bits per heavy atom. The number of hydrogen-bond acceptors (Lipinski definition) is 4. The van der Waals surface area contributed by atoms with Gasteiger partial charge < -0.3 is 11.1 Å². The Morgan fingerprint density at radius 1 is 1.10 bits per heavy atom. The molecule has 30 heavy (non-hydrogen) atoms. The summed E-state index contributed by atoms with van der Waals surface area (Å²) < 4.78 is 13.7. The molecule has 3 aromatic rings. The first-order valence-corrected chi connectivity index (χ1v) is 11.4. The predicted molar refractivity (Wildman–Crippen MR) is 125 cm³/mol. The van der Waals surface area contributed by atoms with Gasteiger partial charge in [0, 0.05) is 0 Å². The van der Waals surface area contributed by atoms with E-state index in [0.29, 0.717) is 21.5 Å². The lowest BCUT2D eigenvalue weighted by Crippen LogP contribution is -2.15. The van der Waals surface area contributed by atoms with Crippen LogP contribution >= 0.6 is 22.9 Å². The number of halogens is 2. The van der Waals surface area contributed by atoms with Crippen molar-refractivity contribution in [3.05, 3.63) is 45.7 Å². The third kappa shape index (κ3) is 8.32. The fraction of sp³-hybridized carbons (Fsp3) is 0.455. The average molecular weight is 453 g/mol. The summed E-state index contributed by atoms with van der Waals surface area (Å²) in [5, 5.41) is 8.66. The highest BCUT2D eigenvalue weighted by Gasteiger charge is 2.14. The molecule has 164 valence electrons. The van der Waals surface area contributed by atoms with Gasteiger partial charge in [-0.15, -0.1) is 11.3 Å². The minimum atomic E-state index is -1.00. The van der Waals surface area contributed by atoms with Crippen molar-refractivity contribution in [3.63, 3.8) is 0 Å². The quantitative estimate of drug-likeness (QED) is 0.440. The number of nitrogens with two attached hydrogens (primary N) is 1. The molecule has 3 N–H and O–H groups in total. The van der Waals surface area contributed by atoms with Crippen molar-refractivity contribution >= 4 is 45.9 Å². The SMILES string of the molecule is C1CCCCC1.CC(C)(C)F.Nc1ccc2ccc(C(=O)Nc3ccsc3Cl)n2n1. The largest absolute Gasteiger partial charge is 0.382 e. The molecule has 0 aliphatic heterocycles. The smallest absolute Gasteiger partial charge is 0.274 e. The molecule has 0 saturated heterocycles. The zero-order valence-corrected chi connectivity index (χ0v) is 19.3. The van der Waals surface area contributed by atoms with Crippen molar-refractivity contribution in [3.8, 4) is 0 Å². The van der Waals surface area contributed by atoms with Gasteiger partial charge in [-0.25, -0.2) is 8.91 Å². The van der Waals surface area contributed by atoms with E-state index in [0.717, 1.165) is 5.52 Å². The van der Waals surface area contributed by atoms with Gasteiger partial charge in [-0.1, -0.05) is 50.1 Å². The number of anilines is 2. The number of carbonyl (C=O) groups excluding carboxylic acids is 1. The molecule has 1 amide bonds. The van der Waals surface area contributed by atoms with Gasteiger partial charge in [0.15, 0.2) is 0 Å². The highest BCUT2D eigenvalue weighted by atomic mass is 35.5. The lowest BCUT2D eigenvalue weighted by atomic mass is 10.0. The zero-order chi connectivity index (χ0) is 22.1. The van der Waals surface area contributed by atoms with Crippen LogP contribution in [-0.4, -0.2) is 21.2 Å². The molecule has 0 bridgehead atoms. The van der Waals surface area contributed by atoms with E-state index < -0.39 is 5.67 Å². The van der Waals surface area contributed by atoms with Crippen LogP contribution in [0.4, 0.5) is 15.9 Å². The number of carbonyl (C=O) groups is 1. The Kier molecular flexibility index (Phi) is 9.11. The number of alkyl halides is 1. The number of amides is 1. The second-order valence-electron chi connectivity index (χ2n) is 8.06. The van der Waals surface area contributed by atoms with E-state index in [1.807, 2.05) is 5.38 Å². The van der Waals surface area contributed by atoms with E-state index in [2.05, 4.69) is 10.4 Å². The molecule has 5 nitrogen and oxygen atoms in total. The van der Waals surface area contributed by atoms with Gasteiger partial charge in [-0.05, 0) is 56.5 Å². The highest BCUT2D eigenvalue weighted by molar-refractivity contribution is 7.15. The topological polar surface area (TPSA) is 72.4 Å². The molecule has 0 radical (unpaired) electrons. The average Bonchev–Trinajstić information content (AvgIpc) is 3.28. The van der Waals surface area contributed by atoms with Crippen molar-refractivity contribution in [2.24, 2.45) is 0 Å². The molecule has 0 aromatic carbocycles. The molecule has 3 heterocycles. The van der Waals surface area contributed by atoms with Crippen LogP contribution in [0.5, 0.6) is 0 Å². The Balaban J connectivity index is 0.000000240. The Hall–Kier alpha value is -2.12. The number of hydrogen-bond donors (Lipinski definition) is 2. The molecular weight excluding hydrogens is 423 g/mol. The molecule has 1 aliphatic rings. The summed E-state index contributed by atoms with van der Waals surface area (Å²) in [6, 6.07) is 8.74. The Labute approximate surface area is 186 Å². The highest BCUT2D eigenvalue weighted by Crippen LogP contribution is 2.28. The molecule has 8 heteroatoms. The van der Waals surface area contributed by atoms with E-state index >= 15 is 0 Å². The lowest BCUT2D eigenvalue weighted by molar-refractivity contribution is 0.102. The van der Waals surface area contributed by atoms with E-state index in [1.165, 1.54) is 75.1 Å². The zero-order valence-electron chi connectivity index (χ0n) is 17.8. The fourth-order valence-corrected chi connectivity index (χ4v) is 3.64. The van der Waals surface area contributed by atoms with Crippen molar-refractivity contribution in [1.29, 1.82) is 0 Å². The number of rotatable bonds is 2. The number of fused-ring (bicyclic) bond motifs is 1. The first kappa shape index (κ1) is 24.2. The third-order valence-electron chi connectivity index (χ3n) is 4.12. The van der Waals surface area contributed by atoms with E-state index in [1.54, 1.807) is 30.3 Å². The molecule has 0 atom stereocenters. The van der Waals surface area contributed by atoms with Gasteiger partial charge in [-0.2, -0.15) is 5.10 Å². The molecule has 1 saturated carbocycles. The van der Waals surface area contributed by atoms with Crippen LogP contribution in [0.3, 0.4) is 0 Å². The number of nitrogens with one attached hydrogen (secondary N) is 1. The summed E-state index contributed by atoms with van der Waals surface area (Å²) in [4.78, 5) is 12.2. The second-order valence-corrected chi connectivity index (χ2v) is 9.58. The van der Waals surface area contributed by atoms with Gasteiger partial charge in [0.2, 0.25) is 0 Å². The van der Waals surface area contributed by atoms with E-state index in [9.17, 15) is 9.18 Å². The van der Waals surface area contributed by atoms with Crippen LogP contribution in [0.2, 0.25) is 4.34 Å². The van der Waals surface area contributed by atoms with Gasteiger partial charge in [0.25, 0.3) is 5.91 Å². The van der Waals surface area contributed by atoms with Gasteiger partial charge >= 0.3 is 0 Å². The van der Waals surface area contributed by atoms with Crippen LogP contribution in [0.25, 0.3) is 5.52 Å². The van der Waals surface area contributed by atoms with Crippen LogP contribution in [-0.2, 0) is 0 Å². The first-order chi connectivity index (χ1) is 14.1. The minimum absolute atomic E-state index is 0.279. The van der Waals surface area contributed by atoms with Crippen molar-refractivity contribution < 1.29 is 9.18 Å². The summed E-state index contributed by atoms with van der Waals surface area (Å²) in [6.07, 6.45) is 9.00. The number of nitrogen functional groups attached to an aromatic ring is 1. The molecule has 0 spiro atoms. The molecular formula is C22H30ClFN4OS. The Morgan fingerprint density at radius 3 is 2.13 bits per heavy atom. The standard InChI is InChI=1S/C12H9ClN4OS.C6H12.C4H9F/c13-11-8(5-6-19-11)15-12(18)9-3-1-7-2-4-10(14)16-17(7)9;1-2-4-6-5-3-1;1-4(2,3)5/h1-6H,(H2,14,16)(H,15,18);1-6H2;1-3H3. The molecule has 4 rings (SSSR count). The molecule has 3 aromatic heterocycles. The molecule has 1 aliphatic carbocycles. The van der Waals surface area contributed by atoms with Crippen LogP contribution in [0.1, 0.15) is 69.8 Å². The van der Waals surface area contributed by atoms with Gasteiger partial charge in [0.1, 0.15) is 21.5 Å². The summed E-state index contributed by atoms with van der Waals surface area (Å²) in [5.41, 5.74) is 6.43. The van der Waals surface area contributed by atoms with Crippen molar-refractivity contribution in [2.75, 3.05) is 11.1 Å². The second kappa shape index (κ2) is 11.3. The maximum atomic E-state index is 12.2. The predicted octanol–water partition coefficient (Wildman–Crippen LogP) is 6.98. The fourth-order valence-electron chi connectivity index (χ4n) is 2.80. The van der Waals surface area contributed by atoms with Gasteiger partial charge in [-0.3, -0.25) is 4.79 Å². The van der Waals surface area contributed by atoms with Crippen molar-refractivity contribution in [2.45, 2.75) is 65.0 Å². The number of thiophene rings is 1. The van der Waals surface area contributed by atoms with Crippen molar-refractivity contribution in [1.82, 2.24) is 9.61 Å². The monoisotopic (exact) mass is 452 g/mol. The Bertz CT molecular complexity index is 927. The molecule has 1 fully saturated rings. The summed E-state index contributed by atoms with van der Waals surface area (Å²) in [7, 11) is 0. The summed E-state index contributed by atoms with van der Waals surface area (Å²) >= 11 is 7.31. The van der Waals surface area contributed by atoms with E-state index in [4.69, 9.17) is 17.3 Å². The maximum Gasteiger partial charge on any atom is 0.274 e. The van der Waals surface area contributed by atoms with Crippen LogP contribution in [0.15, 0.2) is 35.7 Å². The minimum Gasteiger partial charge on any atom is -0.382 e. The summed E-state index contributed by atoms with van der Waals surface area (Å²) in [5.74, 6) is 0.0738. The van der Waals surface area contributed by atoms with Crippen LogP contribution < -0.4 is 11.1 Å². The number of aromatic nitrogens is 2. The molecule has 0 unspecified atom stereocenters. The third-order valence-corrected chi connectivity index (χ3v) is 5.29. The van der Waals surface area contributed by atoms with E-state index in [-0.39, 0.29) is 5.91 Å². The normalized spacial score (nSPS) is 13.6. The van der Waals surface area contributed by atoms with Gasteiger partial charge in [0.05, 0.1) is 11.2 Å². The van der Waals surface area contributed by atoms with Crippen LogP contribution in [0, 0.1) is 0 Å². The summed E-state index contributed by atoms with van der Waals surface area (Å²) in [6.45, 7) is 4.56. The first-order valence-electron chi connectivity index (χ1n) is 10.1. The number of nitrogens with zero attached hydrogens (tertiary/aromatic N) is 2.